The quantitative estimate of drug-likeness (QED) is 0.740. The van der Waals surface area contributed by atoms with Crippen LogP contribution in [0.5, 0.6) is 0 Å². The third-order valence-corrected chi connectivity index (χ3v) is 3.28. The zero-order valence-corrected chi connectivity index (χ0v) is 12.5. The van der Waals surface area contributed by atoms with Crippen molar-refractivity contribution in [3.05, 3.63) is 23.9 Å². The van der Waals surface area contributed by atoms with Crippen molar-refractivity contribution in [2.24, 2.45) is 0 Å². The first-order chi connectivity index (χ1) is 9.67. The monoisotopic (exact) mass is 280 g/mol. The van der Waals surface area contributed by atoms with E-state index in [1.807, 2.05) is 0 Å². The fourth-order valence-corrected chi connectivity index (χ4v) is 2.21. The summed E-state index contributed by atoms with van der Waals surface area (Å²) >= 11 is 0. The first-order valence-electron chi connectivity index (χ1n) is 7.18. The summed E-state index contributed by atoms with van der Waals surface area (Å²) in [4.78, 5) is 18.0. The number of nitrogens with zero attached hydrogens (tertiary/aromatic N) is 2. The van der Waals surface area contributed by atoms with Gasteiger partial charge in [0.1, 0.15) is 5.82 Å². The van der Waals surface area contributed by atoms with Gasteiger partial charge in [-0.05, 0) is 31.9 Å². The minimum Gasteiger partial charge on any atom is -0.462 e. The van der Waals surface area contributed by atoms with Gasteiger partial charge in [0.05, 0.1) is 18.8 Å². The Balaban J connectivity index is 2.90. The zero-order chi connectivity index (χ0) is 15.0. The summed E-state index contributed by atoms with van der Waals surface area (Å²) < 4.78 is 4.93. The topological polar surface area (TPSA) is 62.7 Å². The number of hydrogen-bond acceptors (Lipinski definition) is 5. The van der Waals surface area contributed by atoms with Crippen molar-refractivity contribution in [2.45, 2.75) is 39.7 Å². The van der Waals surface area contributed by atoms with Crippen LogP contribution < -0.4 is 4.90 Å². The second-order valence-electron chi connectivity index (χ2n) is 4.51. The van der Waals surface area contributed by atoms with E-state index >= 15 is 0 Å². The normalized spacial score (nSPS) is 10.7. The highest BCUT2D eigenvalue weighted by Gasteiger charge is 2.17. The summed E-state index contributed by atoms with van der Waals surface area (Å²) in [5.74, 6) is 0.420. The molecule has 1 aromatic rings. The van der Waals surface area contributed by atoms with Crippen LogP contribution in [0.15, 0.2) is 18.3 Å². The van der Waals surface area contributed by atoms with Gasteiger partial charge in [-0.3, -0.25) is 0 Å². The molecule has 1 heterocycles. The molecule has 5 nitrogen and oxygen atoms in total. The minimum atomic E-state index is -0.359. The number of carbonyl (C=O) groups is 1. The van der Waals surface area contributed by atoms with Gasteiger partial charge in [-0.1, -0.05) is 13.8 Å². The first kappa shape index (κ1) is 16.4. The highest BCUT2D eigenvalue weighted by molar-refractivity contribution is 5.89. The number of ether oxygens (including phenoxy) is 1. The van der Waals surface area contributed by atoms with Crippen molar-refractivity contribution in [1.82, 2.24) is 4.98 Å². The standard InChI is InChI=1S/C15H24N2O3/c1-4-13(5-2)17(9-10-18)14-8-7-12(11-16-14)15(19)20-6-3/h7-8,11,13,18H,4-6,9-10H2,1-3H3. The van der Waals surface area contributed by atoms with E-state index in [-0.39, 0.29) is 12.6 Å². The van der Waals surface area contributed by atoms with E-state index in [9.17, 15) is 9.90 Å². The van der Waals surface area contributed by atoms with Crippen molar-refractivity contribution in [2.75, 3.05) is 24.7 Å². The van der Waals surface area contributed by atoms with E-state index in [0.29, 0.717) is 24.8 Å². The van der Waals surface area contributed by atoms with Crippen molar-refractivity contribution >= 4 is 11.8 Å². The van der Waals surface area contributed by atoms with E-state index < -0.39 is 0 Å². The average molecular weight is 280 g/mol. The number of anilines is 1. The molecule has 0 radical (unpaired) electrons. The van der Waals surface area contributed by atoms with Gasteiger partial charge >= 0.3 is 5.97 Å². The number of aliphatic hydroxyl groups excluding tert-OH is 1. The molecule has 20 heavy (non-hydrogen) atoms. The smallest absolute Gasteiger partial charge is 0.339 e. The fraction of sp³-hybridized carbons (Fsp3) is 0.600. The van der Waals surface area contributed by atoms with Gasteiger partial charge in [0.15, 0.2) is 0 Å². The number of rotatable bonds is 8. The lowest BCUT2D eigenvalue weighted by Gasteiger charge is -2.31. The second-order valence-corrected chi connectivity index (χ2v) is 4.51. The molecule has 1 aromatic heterocycles. The highest BCUT2D eigenvalue weighted by Crippen LogP contribution is 2.18. The minimum absolute atomic E-state index is 0.0812. The van der Waals surface area contributed by atoms with E-state index in [1.165, 1.54) is 6.20 Å². The molecule has 0 atom stereocenters. The number of carbonyl (C=O) groups excluding carboxylic acids is 1. The lowest BCUT2D eigenvalue weighted by molar-refractivity contribution is 0.0526. The maximum absolute atomic E-state index is 11.6. The van der Waals surface area contributed by atoms with Crippen LogP contribution in [0.25, 0.3) is 0 Å². The van der Waals surface area contributed by atoms with Crippen LogP contribution in [-0.4, -0.2) is 41.9 Å². The predicted octanol–water partition coefficient (Wildman–Crippen LogP) is 2.25. The number of aliphatic hydroxyl groups is 1. The summed E-state index contributed by atoms with van der Waals surface area (Å²) in [7, 11) is 0. The summed E-state index contributed by atoms with van der Waals surface area (Å²) in [5, 5.41) is 9.21. The Labute approximate surface area is 120 Å². The van der Waals surface area contributed by atoms with Gasteiger partial charge in [0.25, 0.3) is 0 Å². The average Bonchev–Trinajstić information content (AvgIpc) is 2.48. The van der Waals surface area contributed by atoms with Crippen LogP contribution in [0.2, 0.25) is 0 Å². The Morgan fingerprint density at radius 1 is 1.35 bits per heavy atom. The number of aromatic nitrogens is 1. The molecule has 0 amide bonds. The Bertz CT molecular complexity index is 402. The third kappa shape index (κ3) is 4.20. The molecular weight excluding hydrogens is 256 g/mol. The molecule has 0 bridgehead atoms. The molecule has 5 heteroatoms. The molecule has 0 unspecified atom stereocenters. The van der Waals surface area contributed by atoms with Gasteiger partial charge in [0.2, 0.25) is 0 Å². The molecule has 0 aliphatic carbocycles. The molecular formula is C15H24N2O3. The highest BCUT2D eigenvalue weighted by atomic mass is 16.5. The lowest BCUT2D eigenvalue weighted by Crippen LogP contribution is -2.37. The Morgan fingerprint density at radius 2 is 2.05 bits per heavy atom. The van der Waals surface area contributed by atoms with Gasteiger partial charge in [-0.2, -0.15) is 0 Å². The second kappa shape index (κ2) is 8.53. The van der Waals surface area contributed by atoms with Crippen molar-refractivity contribution in [3.63, 3.8) is 0 Å². The van der Waals surface area contributed by atoms with E-state index in [2.05, 4.69) is 23.7 Å². The summed E-state index contributed by atoms with van der Waals surface area (Å²) in [6.07, 6.45) is 3.50. The molecule has 1 rings (SSSR count). The SMILES string of the molecule is CCOC(=O)c1ccc(N(CCO)C(CC)CC)nc1. The number of hydrogen-bond donors (Lipinski definition) is 1. The summed E-state index contributed by atoms with van der Waals surface area (Å²) in [6, 6.07) is 3.86. The Kier molecular flexibility index (Phi) is 7.01. The summed E-state index contributed by atoms with van der Waals surface area (Å²) in [5.41, 5.74) is 0.448. The van der Waals surface area contributed by atoms with Crippen LogP contribution >= 0.6 is 0 Å². The molecule has 0 saturated heterocycles. The predicted molar refractivity (Wildman–Crippen MR) is 79.0 cm³/mol. The van der Waals surface area contributed by atoms with Gasteiger partial charge in [-0.25, -0.2) is 9.78 Å². The summed E-state index contributed by atoms with van der Waals surface area (Å²) in [6.45, 7) is 6.98. The van der Waals surface area contributed by atoms with Gasteiger partial charge in [-0.15, -0.1) is 0 Å². The molecule has 0 aliphatic rings. The van der Waals surface area contributed by atoms with Gasteiger partial charge < -0.3 is 14.7 Å². The fourth-order valence-electron chi connectivity index (χ4n) is 2.21. The largest absolute Gasteiger partial charge is 0.462 e. The van der Waals surface area contributed by atoms with E-state index in [1.54, 1.807) is 19.1 Å². The van der Waals surface area contributed by atoms with Crippen LogP contribution in [0.4, 0.5) is 5.82 Å². The molecule has 0 fully saturated rings. The first-order valence-corrected chi connectivity index (χ1v) is 7.18. The maximum atomic E-state index is 11.6. The molecule has 0 aromatic carbocycles. The lowest BCUT2D eigenvalue weighted by atomic mass is 10.1. The molecule has 0 spiro atoms. The van der Waals surface area contributed by atoms with Crippen molar-refractivity contribution in [1.29, 1.82) is 0 Å². The molecule has 0 aliphatic heterocycles. The van der Waals surface area contributed by atoms with Crippen molar-refractivity contribution < 1.29 is 14.6 Å². The van der Waals surface area contributed by atoms with Gasteiger partial charge in [0, 0.05) is 18.8 Å². The third-order valence-electron chi connectivity index (χ3n) is 3.28. The van der Waals surface area contributed by atoms with Crippen LogP contribution in [0.3, 0.4) is 0 Å². The van der Waals surface area contributed by atoms with Crippen LogP contribution in [0.1, 0.15) is 44.0 Å². The van der Waals surface area contributed by atoms with E-state index in [0.717, 1.165) is 18.7 Å². The zero-order valence-electron chi connectivity index (χ0n) is 12.5. The Morgan fingerprint density at radius 3 is 2.50 bits per heavy atom. The molecule has 0 saturated carbocycles. The number of pyridine rings is 1. The van der Waals surface area contributed by atoms with Crippen LogP contribution in [-0.2, 0) is 4.74 Å². The molecule has 1 N–H and O–H groups in total. The molecule has 112 valence electrons. The number of esters is 1. The maximum Gasteiger partial charge on any atom is 0.339 e. The Hall–Kier alpha value is -1.62. The van der Waals surface area contributed by atoms with Crippen molar-refractivity contribution in [3.8, 4) is 0 Å². The van der Waals surface area contributed by atoms with E-state index in [4.69, 9.17) is 4.74 Å². The van der Waals surface area contributed by atoms with Crippen LogP contribution in [0, 0.1) is 0 Å².